The average molecular weight is 319 g/mol. The Bertz CT molecular complexity index is 451. The predicted octanol–water partition coefficient (Wildman–Crippen LogP) is 2.39. The van der Waals surface area contributed by atoms with Gasteiger partial charge in [0.1, 0.15) is 5.75 Å². The number of halogens is 2. The minimum atomic E-state index is -0.0114. The molecule has 1 amide bonds. The van der Waals surface area contributed by atoms with E-state index in [0.717, 1.165) is 23.8 Å². The molecule has 0 bridgehead atoms. The summed E-state index contributed by atoms with van der Waals surface area (Å²) in [5, 5.41) is 6.64. The van der Waals surface area contributed by atoms with Gasteiger partial charge in [0.05, 0.1) is 13.7 Å². The van der Waals surface area contributed by atoms with E-state index >= 15 is 0 Å². The minimum Gasteiger partial charge on any atom is -0.496 e. The fourth-order valence-electron chi connectivity index (χ4n) is 1.85. The normalized spacial score (nSPS) is 13.5. The van der Waals surface area contributed by atoms with Gasteiger partial charge in [0.15, 0.2) is 0 Å². The molecule has 1 aromatic carbocycles. The molecule has 0 radical (unpaired) electrons. The molecule has 0 aromatic heterocycles. The van der Waals surface area contributed by atoms with E-state index in [2.05, 4.69) is 10.6 Å². The van der Waals surface area contributed by atoms with Gasteiger partial charge in [-0.15, -0.1) is 12.4 Å². The summed E-state index contributed by atoms with van der Waals surface area (Å²) in [6.45, 7) is 1.72. The largest absolute Gasteiger partial charge is 0.496 e. The van der Waals surface area contributed by atoms with Crippen molar-refractivity contribution in [3.05, 3.63) is 28.8 Å². The van der Waals surface area contributed by atoms with Gasteiger partial charge in [-0.1, -0.05) is 11.6 Å². The number of benzene rings is 1. The predicted molar refractivity (Wildman–Crippen MR) is 82.7 cm³/mol. The molecule has 0 saturated heterocycles. The van der Waals surface area contributed by atoms with Crippen LogP contribution in [0.4, 0.5) is 0 Å². The first-order valence-corrected chi connectivity index (χ1v) is 6.86. The summed E-state index contributed by atoms with van der Waals surface area (Å²) in [5.41, 5.74) is 0.880. The number of methoxy groups -OCH3 is 1. The van der Waals surface area contributed by atoms with Crippen LogP contribution < -0.4 is 15.4 Å². The maximum atomic E-state index is 11.7. The van der Waals surface area contributed by atoms with Gasteiger partial charge in [0.25, 0.3) is 0 Å². The van der Waals surface area contributed by atoms with Crippen LogP contribution in [-0.4, -0.2) is 26.1 Å². The molecule has 1 aromatic rings. The number of nitrogens with one attached hydrogen (secondary N) is 2. The fraction of sp³-hybridized carbons (Fsp3) is 0.500. The van der Waals surface area contributed by atoms with Gasteiger partial charge in [-0.05, 0) is 43.5 Å². The van der Waals surface area contributed by atoms with E-state index in [-0.39, 0.29) is 18.3 Å². The lowest BCUT2D eigenvalue weighted by Gasteiger charge is -2.10. The second-order valence-corrected chi connectivity index (χ2v) is 5.24. The minimum absolute atomic E-state index is 0. The number of carbonyl (C=O) groups is 1. The third kappa shape index (κ3) is 5.57. The molecular formula is C14H20Cl2N2O2. The smallest absolute Gasteiger partial charge is 0.234 e. The second kappa shape index (κ2) is 8.35. The highest BCUT2D eigenvalue weighted by Crippen LogP contribution is 2.27. The quantitative estimate of drug-likeness (QED) is 0.811. The Morgan fingerprint density at radius 2 is 2.20 bits per heavy atom. The SMILES string of the molecule is COc1ccc(Cl)cc1CNC(=O)CNCC1CC1.Cl. The summed E-state index contributed by atoms with van der Waals surface area (Å²) in [5.74, 6) is 1.50. The van der Waals surface area contributed by atoms with Crippen molar-refractivity contribution in [2.24, 2.45) is 5.92 Å². The van der Waals surface area contributed by atoms with E-state index in [4.69, 9.17) is 16.3 Å². The highest BCUT2D eigenvalue weighted by Gasteiger charge is 2.20. The molecule has 4 nitrogen and oxygen atoms in total. The van der Waals surface area contributed by atoms with Crippen molar-refractivity contribution in [2.75, 3.05) is 20.2 Å². The Morgan fingerprint density at radius 3 is 2.85 bits per heavy atom. The Kier molecular flexibility index (Phi) is 7.13. The fourth-order valence-corrected chi connectivity index (χ4v) is 2.05. The Labute approximate surface area is 130 Å². The first-order chi connectivity index (χ1) is 9.19. The zero-order chi connectivity index (χ0) is 13.7. The highest BCUT2D eigenvalue weighted by molar-refractivity contribution is 6.30. The molecule has 0 heterocycles. The van der Waals surface area contributed by atoms with E-state index < -0.39 is 0 Å². The number of hydrogen-bond acceptors (Lipinski definition) is 3. The van der Waals surface area contributed by atoms with Crippen molar-refractivity contribution in [3.63, 3.8) is 0 Å². The van der Waals surface area contributed by atoms with Gasteiger partial charge in [-0.2, -0.15) is 0 Å². The average Bonchev–Trinajstić information content (AvgIpc) is 3.20. The first-order valence-electron chi connectivity index (χ1n) is 6.49. The van der Waals surface area contributed by atoms with Crippen LogP contribution in [0.15, 0.2) is 18.2 Å². The van der Waals surface area contributed by atoms with E-state index in [1.807, 2.05) is 0 Å². The summed E-state index contributed by atoms with van der Waals surface area (Å²) in [6.07, 6.45) is 2.57. The van der Waals surface area contributed by atoms with Crippen molar-refractivity contribution >= 4 is 29.9 Å². The number of hydrogen-bond donors (Lipinski definition) is 2. The molecule has 6 heteroatoms. The molecule has 2 rings (SSSR count). The van der Waals surface area contributed by atoms with Crippen LogP contribution >= 0.6 is 24.0 Å². The molecule has 1 fully saturated rings. The van der Waals surface area contributed by atoms with Gasteiger partial charge in [0, 0.05) is 17.1 Å². The van der Waals surface area contributed by atoms with E-state index in [1.165, 1.54) is 12.8 Å². The second-order valence-electron chi connectivity index (χ2n) is 4.81. The van der Waals surface area contributed by atoms with Crippen LogP contribution in [0.3, 0.4) is 0 Å². The number of rotatable bonds is 7. The molecule has 0 spiro atoms. The zero-order valence-electron chi connectivity index (χ0n) is 11.4. The number of amides is 1. The monoisotopic (exact) mass is 318 g/mol. The Balaban J connectivity index is 0.00000200. The molecule has 1 aliphatic carbocycles. The van der Waals surface area contributed by atoms with E-state index in [9.17, 15) is 4.79 Å². The Hall–Kier alpha value is -0.970. The number of ether oxygens (including phenoxy) is 1. The third-order valence-corrected chi connectivity index (χ3v) is 3.37. The van der Waals surface area contributed by atoms with Crippen molar-refractivity contribution in [3.8, 4) is 5.75 Å². The van der Waals surface area contributed by atoms with E-state index in [0.29, 0.717) is 18.1 Å². The number of carbonyl (C=O) groups excluding carboxylic acids is 1. The van der Waals surface area contributed by atoms with Gasteiger partial charge in [0.2, 0.25) is 5.91 Å². The molecule has 1 aliphatic rings. The first kappa shape index (κ1) is 17.1. The molecule has 0 aliphatic heterocycles. The van der Waals surface area contributed by atoms with Gasteiger partial charge >= 0.3 is 0 Å². The van der Waals surface area contributed by atoms with Crippen molar-refractivity contribution in [2.45, 2.75) is 19.4 Å². The zero-order valence-corrected chi connectivity index (χ0v) is 13.0. The lowest BCUT2D eigenvalue weighted by molar-refractivity contribution is -0.120. The van der Waals surface area contributed by atoms with Crippen molar-refractivity contribution in [1.82, 2.24) is 10.6 Å². The lowest BCUT2D eigenvalue weighted by atomic mass is 10.2. The van der Waals surface area contributed by atoms with Gasteiger partial charge in [-0.25, -0.2) is 0 Å². The van der Waals surface area contributed by atoms with Crippen molar-refractivity contribution in [1.29, 1.82) is 0 Å². The van der Waals surface area contributed by atoms with Crippen LogP contribution in [0.2, 0.25) is 5.02 Å². The van der Waals surface area contributed by atoms with Crippen LogP contribution in [0, 0.1) is 5.92 Å². The van der Waals surface area contributed by atoms with Crippen LogP contribution in [-0.2, 0) is 11.3 Å². The Morgan fingerprint density at radius 1 is 1.45 bits per heavy atom. The summed E-state index contributed by atoms with van der Waals surface area (Å²) in [7, 11) is 1.60. The maximum absolute atomic E-state index is 11.7. The van der Waals surface area contributed by atoms with Gasteiger partial charge in [-0.3, -0.25) is 4.79 Å². The highest BCUT2D eigenvalue weighted by atomic mass is 35.5. The molecule has 20 heavy (non-hydrogen) atoms. The van der Waals surface area contributed by atoms with Crippen LogP contribution in [0.1, 0.15) is 18.4 Å². The molecule has 1 saturated carbocycles. The van der Waals surface area contributed by atoms with Crippen LogP contribution in [0.5, 0.6) is 5.75 Å². The van der Waals surface area contributed by atoms with E-state index in [1.54, 1.807) is 25.3 Å². The summed E-state index contributed by atoms with van der Waals surface area (Å²) in [6, 6.07) is 5.37. The molecular weight excluding hydrogens is 299 g/mol. The molecule has 2 N–H and O–H groups in total. The van der Waals surface area contributed by atoms with Crippen LogP contribution in [0.25, 0.3) is 0 Å². The standard InChI is InChI=1S/C14H19ClN2O2.ClH/c1-19-13-5-4-12(15)6-11(13)8-17-14(18)9-16-7-10-2-3-10;/h4-6,10,16H,2-3,7-9H2,1H3,(H,17,18);1H. The van der Waals surface area contributed by atoms with Crippen molar-refractivity contribution < 1.29 is 9.53 Å². The summed E-state index contributed by atoms with van der Waals surface area (Å²) < 4.78 is 5.23. The molecule has 0 atom stereocenters. The summed E-state index contributed by atoms with van der Waals surface area (Å²) >= 11 is 5.93. The lowest BCUT2D eigenvalue weighted by Crippen LogP contribution is -2.34. The third-order valence-electron chi connectivity index (χ3n) is 3.13. The topological polar surface area (TPSA) is 50.4 Å². The maximum Gasteiger partial charge on any atom is 0.234 e. The molecule has 0 unspecified atom stereocenters. The van der Waals surface area contributed by atoms with Gasteiger partial charge < -0.3 is 15.4 Å². The summed E-state index contributed by atoms with van der Waals surface area (Å²) in [4.78, 5) is 11.7. The molecule has 112 valence electrons.